The summed E-state index contributed by atoms with van der Waals surface area (Å²) in [5.74, 6) is 4.78. The number of amides is 1. The molecule has 1 aromatic rings. The molecule has 0 fully saturated rings. The van der Waals surface area contributed by atoms with Crippen LogP contribution in [0.4, 0.5) is 0 Å². The van der Waals surface area contributed by atoms with Gasteiger partial charge in [-0.05, 0) is 43.4 Å². The zero-order chi connectivity index (χ0) is 13.2. The van der Waals surface area contributed by atoms with Crippen molar-refractivity contribution < 1.29 is 4.79 Å². The molecule has 6 nitrogen and oxygen atoms in total. The normalized spacial score (nSPS) is 11.4. The molecule has 0 atom stereocenters. The molecule has 0 aliphatic heterocycles. The predicted molar refractivity (Wildman–Crippen MR) is 72.1 cm³/mol. The van der Waals surface area contributed by atoms with Gasteiger partial charge in [0.1, 0.15) is 0 Å². The number of nitrogens with one attached hydrogen (secondary N) is 1. The van der Waals surface area contributed by atoms with Crippen LogP contribution in [0.25, 0.3) is 0 Å². The maximum atomic E-state index is 11.9. The summed E-state index contributed by atoms with van der Waals surface area (Å²) in [6, 6.07) is 0. The molecule has 17 heavy (non-hydrogen) atoms. The fourth-order valence-electron chi connectivity index (χ4n) is 1.35. The number of hydrogen-bond acceptors (Lipinski definition) is 4. The highest BCUT2D eigenvalue weighted by atomic mass is 127. The molecule has 1 aromatic heterocycles. The Labute approximate surface area is 113 Å². The highest BCUT2D eigenvalue weighted by Crippen LogP contribution is 2.17. The van der Waals surface area contributed by atoms with Crippen LogP contribution in [0.5, 0.6) is 0 Å². The number of hydrazine groups is 1. The first-order chi connectivity index (χ1) is 7.79. The molecule has 0 unspecified atom stereocenters. The molecule has 1 rings (SSSR count). The third-order valence-corrected chi connectivity index (χ3v) is 3.71. The van der Waals surface area contributed by atoms with Gasteiger partial charge in [-0.1, -0.05) is 0 Å². The van der Waals surface area contributed by atoms with E-state index in [1.807, 2.05) is 22.6 Å². The number of rotatable bonds is 3. The number of aryl methyl sites for hydroxylation is 1. The summed E-state index contributed by atoms with van der Waals surface area (Å²) in [6.07, 6.45) is 1.45. The zero-order valence-electron chi connectivity index (χ0n) is 9.95. The molecule has 0 saturated carbocycles. The van der Waals surface area contributed by atoms with Crippen molar-refractivity contribution in [3.05, 3.63) is 25.9 Å². The van der Waals surface area contributed by atoms with Crippen LogP contribution in [-0.4, -0.2) is 15.5 Å². The quantitative estimate of drug-likeness (QED) is 0.352. The lowest BCUT2D eigenvalue weighted by Gasteiger charge is -2.23. The van der Waals surface area contributed by atoms with Crippen LogP contribution in [0.3, 0.4) is 0 Å². The average Bonchev–Trinajstić information content (AvgIpc) is 2.28. The highest BCUT2D eigenvalue weighted by Gasteiger charge is 2.28. The lowest BCUT2D eigenvalue weighted by Crippen LogP contribution is -2.44. The zero-order valence-corrected chi connectivity index (χ0v) is 12.1. The largest absolute Gasteiger partial charge is 0.297 e. The van der Waals surface area contributed by atoms with E-state index in [9.17, 15) is 9.59 Å². The van der Waals surface area contributed by atoms with Gasteiger partial charge in [-0.25, -0.2) is 10.8 Å². The molecule has 0 aromatic carbocycles. The third-order valence-electron chi connectivity index (χ3n) is 2.47. The summed E-state index contributed by atoms with van der Waals surface area (Å²) in [5.41, 5.74) is 1.87. The molecule has 0 spiro atoms. The topological polar surface area (TPSA) is 90.0 Å². The van der Waals surface area contributed by atoms with Crippen molar-refractivity contribution in [2.75, 3.05) is 0 Å². The van der Waals surface area contributed by atoms with Crippen molar-refractivity contribution in [2.45, 2.75) is 27.3 Å². The number of carbonyl (C=O) groups excluding carboxylic acids is 1. The summed E-state index contributed by atoms with van der Waals surface area (Å²) in [4.78, 5) is 27.6. The Balaban J connectivity index is 3.09. The van der Waals surface area contributed by atoms with Gasteiger partial charge < -0.3 is 0 Å². The van der Waals surface area contributed by atoms with Gasteiger partial charge in [0, 0.05) is 6.54 Å². The predicted octanol–water partition coefficient (Wildman–Crippen LogP) is 0.172. The van der Waals surface area contributed by atoms with Crippen LogP contribution >= 0.6 is 22.6 Å². The molecule has 0 radical (unpaired) electrons. The summed E-state index contributed by atoms with van der Waals surface area (Å²) in [7, 11) is 0. The Morgan fingerprint density at radius 3 is 2.76 bits per heavy atom. The lowest BCUT2D eigenvalue weighted by atomic mass is 9.92. The second-order valence-electron chi connectivity index (χ2n) is 4.43. The number of nitrogens with two attached hydrogens (primary N) is 1. The van der Waals surface area contributed by atoms with Gasteiger partial charge in [0.05, 0.1) is 21.0 Å². The van der Waals surface area contributed by atoms with Crippen molar-refractivity contribution in [1.29, 1.82) is 0 Å². The Morgan fingerprint density at radius 2 is 2.24 bits per heavy atom. The molecule has 1 heterocycles. The van der Waals surface area contributed by atoms with Gasteiger partial charge in [0.15, 0.2) is 0 Å². The molecular formula is C10H15IN4O2. The van der Waals surface area contributed by atoms with Crippen LogP contribution in [0.2, 0.25) is 0 Å². The Hall–Kier alpha value is -0.960. The average molecular weight is 350 g/mol. The van der Waals surface area contributed by atoms with Crippen LogP contribution in [0.15, 0.2) is 11.1 Å². The maximum absolute atomic E-state index is 11.9. The van der Waals surface area contributed by atoms with Crippen molar-refractivity contribution in [3.63, 3.8) is 0 Å². The fourth-order valence-corrected chi connectivity index (χ4v) is 1.80. The van der Waals surface area contributed by atoms with Crippen LogP contribution in [-0.2, 0) is 11.3 Å². The van der Waals surface area contributed by atoms with E-state index in [-0.39, 0.29) is 18.0 Å². The van der Waals surface area contributed by atoms with Gasteiger partial charge in [0.25, 0.3) is 5.56 Å². The van der Waals surface area contributed by atoms with Crippen LogP contribution in [0.1, 0.15) is 19.5 Å². The highest BCUT2D eigenvalue weighted by molar-refractivity contribution is 14.1. The van der Waals surface area contributed by atoms with E-state index in [4.69, 9.17) is 5.84 Å². The van der Waals surface area contributed by atoms with Crippen molar-refractivity contribution in [1.82, 2.24) is 15.0 Å². The second kappa shape index (κ2) is 5.13. The number of carbonyl (C=O) groups is 1. The van der Waals surface area contributed by atoms with Crippen LogP contribution < -0.4 is 16.8 Å². The molecule has 0 aliphatic carbocycles. The lowest BCUT2D eigenvalue weighted by molar-refractivity contribution is -0.130. The van der Waals surface area contributed by atoms with E-state index in [1.54, 1.807) is 20.8 Å². The Bertz CT molecular complexity index is 496. The van der Waals surface area contributed by atoms with E-state index >= 15 is 0 Å². The maximum Gasteiger partial charge on any atom is 0.267 e. The van der Waals surface area contributed by atoms with Crippen molar-refractivity contribution in [3.8, 4) is 0 Å². The second-order valence-corrected chi connectivity index (χ2v) is 5.51. The summed E-state index contributed by atoms with van der Waals surface area (Å²) in [5, 5.41) is 0. The first-order valence-electron chi connectivity index (χ1n) is 5.02. The first kappa shape index (κ1) is 14.1. The van der Waals surface area contributed by atoms with Crippen molar-refractivity contribution >= 4 is 28.5 Å². The van der Waals surface area contributed by atoms with Gasteiger partial charge in [-0.3, -0.25) is 19.6 Å². The van der Waals surface area contributed by atoms with Gasteiger partial charge >= 0.3 is 0 Å². The summed E-state index contributed by atoms with van der Waals surface area (Å²) in [6.45, 7) is 5.44. The SMILES string of the molecule is Cc1ncn(CC(C)(C)C(=O)NN)c(=O)c1I. The number of aromatic nitrogens is 2. The number of hydrogen-bond donors (Lipinski definition) is 2. The molecule has 94 valence electrons. The van der Waals surface area contributed by atoms with Crippen molar-refractivity contribution in [2.24, 2.45) is 11.3 Å². The van der Waals surface area contributed by atoms with E-state index in [1.165, 1.54) is 10.9 Å². The first-order valence-corrected chi connectivity index (χ1v) is 6.10. The minimum Gasteiger partial charge on any atom is -0.297 e. The molecule has 7 heteroatoms. The monoisotopic (exact) mass is 350 g/mol. The Kier molecular flexibility index (Phi) is 4.26. The number of nitrogens with zero attached hydrogens (tertiary/aromatic N) is 2. The Morgan fingerprint density at radius 1 is 1.65 bits per heavy atom. The third kappa shape index (κ3) is 3.03. The fraction of sp³-hybridized carbons (Fsp3) is 0.500. The van der Waals surface area contributed by atoms with Gasteiger partial charge in [0.2, 0.25) is 5.91 Å². The molecule has 1 amide bonds. The van der Waals surface area contributed by atoms with E-state index in [2.05, 4.69) is 10.4 Å². The summed E-state index contributed by atoms with van der Waals surface area (Å²) < 4.78 is 1.98. The standard InChI is InChI=1S/C10H15IN4O2/c1-6-7(11)8(16)15(5-13-6)4-10(2,3)9(17)14-12/h5H,4,12H2,1-3H3,(H,14,17). The van der Waals surface area contributed by atoms with Gasteiger partial charge in [-0.15, -0.1) is 0 Å². The van der Waals surface area contributed by atoms with Crippen LogP contribution in [0, 0.1) is 15.9 Å². The van der Waals surface area contributed by atoms with E-state index in [0.717, 1.165) is 0 Å². The smallest absolute Gasteiger partial charge is 0.267 e. The molecular weight excluding hydrogens is 335 g/mol. The molecule has 3 N–H and O–H groups in total. The van der Waals surface area contributed by atoms with E-state index < -0.39 is 5.41 Å². The minimum atomic E-state index is -0.765. The molecule has 0 saturated heterocycles. The van der Waals surface area contributed by atoms with E-state index in [0.29, 0.717) is 9.26 Å². The molecule has 0 aliphatic rings. The minimum absolute atomic E-state index is 0.143. The number of halogens is 1. The molecule has 0 bridgehead atoms. The summed E-state index contributed by atoms with van der Waals surface area (Å²) >= 11 is 1.95. The van der Waals surface area contributed by atoms with Gasteiger partial charge in [-0.2, -0.15) is 0 Å².